The zero-order chi connectivity index (χ0) is 20.1. The van der Waals surface area contributed by atoms with E-state index in [9.17, 15) is 14.4 Å². The Morgan fingerprint density at radius 2 is 1.96 bits per heavy atom. The van der Waals surface area contributed by atoms with E-state index in [0.29, 0.717) is 22.5 Å². The smallest absolute Gasteiger partial charge is 0.251 e. The van der Waals surface area contributed by atoms with Crippen molar-refractivity contribution in [3.05, 3.63) is 51.9 Å². The first kappa shape index (κ1) is 20.4. The predicted octanol–water partition coefficient (Wildman–Crippen LogP) is 2.83. The number of primary amides is 1. The lowest BCUT2D eigenvalue weighted by molar-refractivity contribution is -0.118. The summed E-state index contributed by atoms with van der Waals surface area (Å²) in [7, 11) is 0. The van der Waals surface area contributed by atoms with Gasteiger partial charge in [0.25, 0.3) is 11.8 Å². The van der Waals surface area contributed by atoms with Gasteiger partial charge in [0.05, 0.1) is 5.56 Å². The van der Waals surface area contributed by atoms with Gasteiger partial charge in [-0.05, 0) is 55.4 Å². The van der Waals surface area contributed by atoms with Gasteiger partial charge in [-0.3, -0.25) is 14.4 Å². The molecule has 28 heavy (non-hydrogen) atoms. The van der Waals surface area contributed by atoms with Crippen LogP contribution in [0.25, 0.3) is 0 Å². The summed E-state index contributed by atoms with van der Waals surface area (Å²) in [5, 5.41) is 6.14. The molecule has 0 spiro atoms. The zero-order valence-electron chi connectivity index (χ0n) is 15.6. The van der Waals surface area contributed by atoms with Crippen LogP contribution in [0.4, 0.5) is 5.00 Å². The highest BCUT2D eigenvalue weighted by Crippen LogP contribution is 2.38. The molecule has 0 bridgehead atoms. The van der Waals surface area contributed by atoms with Gasteiger partial charge in [0.2, 0.25) is 5.91 Å². The fraction of sp³-hybridized carbons (Fsp3) is 0.350. The minimum absolute atomic E-state index is 0.300. The maximum absolute atomic E-state index is 12.9. The third-order valence-electron chi connectivity index (χ3n) is 4.67. The second kappa shape index (κ2) is 9.25. The van der Waals surface area contributed by atoms with Crippen LogP contribution in [-0.2, 0) is 17.6 Å². The molecule has 4 N–H and O–H groups in total. The highest BCUT2D eigenvalue weighted by atomic mass is 32.2. The highest BCUT2D eigenvalue weighted by Gasteiger charge is 2.28. The number of hydrogen-bond acceptors (Lipinski definition) is 5. The van der Waals surface area contributed by atoms with E-state index in [-0.39, 0.29) is 11.8 Å². The van der Waals surface area contributed by atoms with Gasteiger partial charge in [-0.2, -0.15) is 11.8 Å². The fourth-order valence-corrected chi connectivity index (χ4v) is 5.06. The Morgan fingerprint density at radius 1 is 1.21 bits per heavy atom. The number of nitrogens with two attached hydrogens (primary N) is 1. The summed E-state index contributed by atoms with van der Waals surface area (Å²) in [5.74, 6) is -0.438. The highest BCUT2D eigenvalue weighted by molar-refractivity contribution is 7.98. The van der Waals surface area contributed by atoms with Gasteiger partial charge in [-0.15, -0.1) is 11.3 Å². The molecule has 0 unspecified atom stereocenters. The van der Waals surface area contributed by atoms with E-state index < -0.39 is 11.9 Å². The van der Waals surface area contributed by atoms with Crippen molar-refractivity contribution < 1.29 is 14.4 Å². The summed E-state index contributed by atoms with van der Waals surface area (Å²) < 4.78 is 0. The molecule has 0 saturated carbocycles. The summed E-state index contributed by atoms with van der Waals surface area (Å²) in [6.45, 7) is 0. The number of fused-ring (bicyclic) bond motifs is 1. The van der Waals surface area contributed by atoms with Crippen LogP contribution >= 0.6 is 23.1 Å². The van der Waals surface area contributed by atoms with Crippen LogP contribution in [0.3, 0.4) is 0 Å². The van der Waals surface area contributed by atoms with Crippen LogP contribution in [0.15, 0.2) is 30.3 Å². The summed E-state index contributed by atoms with van der Waals surface area (Å²) in [5.41, 5.74) is 7.44. The maximum atomic E-state index is 12.9. The van der Waals surface area contributed by atoms with Crippen LogP contribution in [0.2, 0.25) is 0 Å². The van der Waals surface area contributed by atoms with Gasteiger partial charge in [0.15, 0.2) is 0 Å². The average Bonchev–Trinajstić information content (AvgIpc) is 3.25. The van der Waals surface area contributed by atoms with E-state index in [1.54, 1.807) is 36.0 Å². The lowest BCUT2D eigenvalue weighted by Crippen LogP contribution is -2.44. The summed E-state index contributed by atoms with van der Waals surface area (Å²) in [4.78, 5) is 38.4. The lowest BCUT2D eigenvalue weighted by Gasteiger charge is -2.18. The van der Waals surface area contributed by atoms with Crippen molar-refractivity contribution in [2.75, 3.05) is 17.3 Å². The number of amides is 3. The molecule has 3 amide bonds. The van der Waals surface area contributed by atoms with E-state index in [2.05, 4.69) is 10.6 Å². The van der Waals surface area contributed by atoms with Crippen molar-refractivity contribution >= 4 is 45.8 Å². The molecule has 2 aromatic rings. The molecule has 0 saturated heterocycles. The Kier molecular flexibility index (Phi) is 6.74. The number of carbonyl (C=O) groups is 3. The molecule has 0 aliphatic heterocycles. The molecule has 3 rings (SSSR count). The van der Waals surface area contributed by atoms with Crippen LogP contribution in [0, 0.1) is 0 Å². The standard InChI is InChI=1S/C20H23N3O3S2/c1-27-11-10-14(22-18(25)12-6-3-2-4-7-12)19(26)23-20-16(17(21)24)13-8-5-9-15(13)28-20/h2-4,6-7,14H,5,8-11H2,1H3,(H2,21,24)(H,22,25)(H,23,26)/t14-/m0/s1. The average molecular weight is 418 g/mol. The van der Waals surface area contributed by atoms with Crippen molar-refractivity contribution in [3.8, 4) is 0 Å². The normalized spacial score (nSPS) is 13.6. The number of aryl methyl sites for hydroxylation is 1. The van der Waals surface area contributed by atoms with Crippen LogP contribution < -0.4 is 16.4 Å². The largest absolute Gasteiger partial charge is 0.365 e. The Labute approximate surface area is 172 Å². The third-order valence-corrected chi connectivity index (χ3v) is 6.52. The molecule has 1 aliphatic rings. The molecule has 1 aromatic heterocycles. The molecule has 1 aromatic carbocycles. The number of thioether (sulfide) groups is 1. The van der Waals surface area contributed by atoms with Crippen molar-refractivity contribution in [2.45, 2.75) is 31.7 Å². The second-order valence-corrected chi connectivity index (χ2v) is 8.68. The number of rotatable bonds is 8. The number of hydrogen-bond donors (Lipinski definition) is 3. The predicted molar refractivity (Wildman–Crippen MR) is 114 cm³/mol. The van der Waals surface area contributed by atoms with Gasteiger partial charge >= 0.3 is 0 Å². The Bertz CT molecular complexity index is 880. The SMILES string of the molecule is CSCC[C@H](NC(=O)c1ccccc1)C(=O)Nc1sc2c(c1C(N)=O)CCC2. The number of thiophene rings is 1. The molecule has 148 valence electrons. The van der Waals surface area contributed by atoms with Gasteiger partial charge in [-0.25, -0.2) is 0 Å². The van der Waals surface area contributed by atoms with Crippen LogP contribution in [-0.4, -0.2) is 35.8 Å². The molecule has 0 radical (unpaired) electrons. The molecular weight excluding hydrogens is 394 g/mol. The monoisotopic (exact) mass is 417 g/mol. The van der Waals surface area contributed by atoms with E-state index in [4.69, 9.17) is 5.73 Å². The molecule has 8 heteroatoms. The third kappa shape index (κ3) is 4.56. The summed E-state index contributed by atoms with van der Waals surface area (Å²) >= 11 is 3.01. The van der Waals surface area contributed by atoms with Gasteiger partial charge in [0.1, 0.15) is 11.0 Å². The van der Waals surface area contributed by atoms with Crippen molar-refractivity contribution in [1.29, 1.82) is 0 Å². The van der Waals surface area contributed by atoms with Crippen molar-refractivity contribution in [1.82, 2.24) is 5.32 Å². The topological polar surface area (TPSA) is 101 Å². The van der Waals surface area contributed by atoms with Gasteiger partial charge in [-0.1, -0.05) is 18.2 Å². The lowest BCUT2D eigenvalue weighted by atomic mass is 10.1. The van der Waals surface area contributed by atoms with E-state index in [1.807, 2.05) is 12.3 Å². The van der Waals surface area contributed by atoms with Crippen molar-refractivity contribution in [3.63, 3.8) is 0 Å². The number of carbonyl (C=O) groups excluding carboxylic acids is 3. The van der Waals surface area contributed by atoms with E-state index >= 15 is 0 Å². The first-order valence-corrected chi connectivity index (χ1v) is 11.3. The van der Waals surface area contributed by atoms with Crippen molar-refractivity contribution in [2.24, 2.45) is 5.73 Å². The molecule has 1 aliphatic carbocycles. The minimum Gasteiger partial charge on any atom is -0.365 e. The van der Waals surface area contributed by atoms with Crippen LogP contribution in [0.1, 0.15) is 44.0 Å². The number of benzene rings is 1. The Morgan fingerprint density at radius 3 is 2.64 bits per heavy atom. The van der Waals surface area contributed by atoms with Crippen LogP contribution in [0.5, 0.6) is 0 Å². The number of nitrogens with one attached hydrogen (secondary N) is 2. The summed E-state index contributed by atoms with van der Waals surface area (Å²) in [6, 6.07) is 8.09. The van der Waals surface area contributed by atoms with E-state index in [0.717, 1.165) is 35.5 Å². The fourth-order valence-electron chi connectivity index (χ4n) is 3.29. The summed E-state index contributed by atoms with van der Waals surface area (Å²) in [6.07, 6.45) is 5.14. The number of anilines is 1. The second-order valence-electron chi connectivity index (χ2n) is 6.59. The first-order valence-electron chi connectivity index (χ1n) is 9.11. The molecule has 1 heterocycles. The quantitative estimate of drug-likeness (QED) is 0.615. The molecule has 0 fully saturated rings. The molecule has 6 nitrogen and oxygen atoms in total. The maximum Gasteiger partial charge on any atom is 0.251 e. The Balaban J connectivity index is 1.77. The molecule has 1 atom stereocenters. The zero-order valence-corrected chi connectivity index (χ0v) is 17.3. The molecular formula is C20H23N3O3S2. The van der Waals surface area contributed by atoms with E-state index in [1.165, 1.54) is 11.3 Å². The Hall–Kier alpha value is -2.32. The van der Waals surface area contributed by atoms with Gasteiger partial charge in [0, 0.05) is 10.4 Å². The van der Waals surface area contributed by atoms with Gasteiger partial charge < -0.3 is 16.4 Å². The minimum atomic E-state index is -0.696. The first-order chi connectivity index (χ1) is 13.5.